The first-order chi connectivity index (χ1) is 14.6. The van der Waals surface area contributed by atoms with Crippen molar-refractivity contribution in [3.8, 4) is 5.69 Å². The van der Waals surface area contributed by atoms with Crippen LogP contribution in [0.1, 0.15) is 45.6 Å². The Morgan fingerprint density at radius 1 is 1.03 bits per heavy atom. The topological polar surface area (TPSA) is 68.2 Å². The van der Waals surface area contributed by atoms with E-state index in [0.717, 1.165) is 22.2 Å². The quantitative estimate of drug-likeness (QED) is 0.516. The minimum absolute atomic E-state index is 0.146. The van der Waals surface area contributed by atoms with Crippen molar-refractivity contribution in [3.63, 3.8) is 0 Å². The van der Waals surface area contributed by atoms with Gasteiger partial charge < -0.3 is 9.88 Å². The fourth-order valence-electron chi connectivity index (χ4n) is 3.39. The van der Waals surface area contributed by atoms with Crippen molar-refractivity contribution >= 4 is 32.3 Å². The second kappa shape index (κ2) is 9.22. The number of nitrogens with zero attached hydrogens (tertiary/aromatic N) is 1. The molecule has 3 rings (SSSR count). The van der Waals surface area contributed by atoms with E-state index in [-0.39, 0.29) is 16.9 Å². The Labute approximate surface area is 183 Å². The molecule has 0 aliphatic heterocycles. The van der Waals surface area contributed by atoms with Crippen molar-refractivity contribution in [1.82, 2.24) is 4.57 Å². The number of aromatic nitrogens is 1. The molecule has 7 heteroatoms. The van der Waals surface area contributed by atoms with E-state index < -0.39 is 21.9 Å². The van der Waals surface area contributed by atoms with Gasteiger partial charge in [0.05, 0.1) is 16.5 Å². The van der Waals surface area contributed by atoms with Gasteiger partial charge in [-0.25, -0.2) is 12.8 Å². The van der Waals surface area contributed by atoms with E-state index in [0.29, 0.717) is 12.1 Å². The number of fused-ring (bicyclic) bond motifs is 1. The Morgan fingerprint density at radius 2 is 1.71 bits per heavy atom. The summed E-state index contributed by atoms with van der Waals surface area (Å²) < 4.78 is 39.3. The van der Waals surface area contributed by atoms with Crippen LogP contribution in [0.2, 0.25) is 0 Å². The summed E-state index contributed by atoms with van der Waals surface area (Å²) in [6.45, 7) is 6.69. The van der Waals surface area contributed by atoms with Gasteiger partial charge in [0, 0.05) is 23.0 Å². The third-order valence-electron chi connectivity index (χ3n) is 5.61. The molecule has 0 fully saturated rings. The van der Waals surface area contributed by atoms with Crippen LogP contribution < -0.4 is 5.32 Å². The molecule has 2 atom stereocenters. The monoisotopic (exact) mass is 444 g/mol. The summed E-state index contributed by atoms with van der Waals surface area (Å²) in [4.78, 5) is 11.6. The highest BCUT2D eigenvalue weighted by atomic mass is 32.2. The predicted molar refractivity (Wildman–Crippen MR) is 124 cm³/mol. The van der Waals surface area contributed by atoms with Crippen LogP contribution >= 0.6 is 0 Å². The average Bonchev–Trinajstić information content (AvgIpc) is 3.15. The Kier molecular flexibility index (Phi) is 6.84. The number of carbonyl (C=O) groups is 1. The van der Waals surface area contributed by atoms with Gasteiger partial charge in [0.2, 0.25) is 0 Å². The van der Waals surface area contributed by atoms with Gasteiger partial charge in [0.1, 0.15) is 0 Å². The number of amides is 1. The standard InChI is InChI=1S/C24H29FN2O3S/c1-16(2)31(29,30)14-12-17(3)19-5-8-22(9-6-19)27-13-11-20-15-21(7-10-23(20)27)26-24(28)18(4)25/h5-11,13,15-18H,12,14H2,1-4H3,(H,26,28)/t17-,18?/m0/s1. The molecule has 31 heavy (non-hydrogen) atoms. The van der Waals surface area contributed by atoms with Crippen molar-refractivity contribution < 1.29 is 17.6 Å². The average molecular weight is 445 g/mol. The molecule has 0 aliphatic rings. The summed E-state index contributed by atoms with van der Waals surface area (Å²) in [6.07, 6.45) is 0.978. The molecular weight excluding hydrogens is 415 g/mol. The van der Waals surface area contributed by atoms with Crippen LogP contribution in [0.15, 0.2) is 54.7 Å². The first-order valence-corrected chi connectivity index (χ1v) is 12.2. The van der Waals surface area contributed by atoms with Gasteiger partial charge in [0.15, 0.2) is 16.0 Å². The molecule has 1 unspecified atom stereocenters. The molecule has 0 aliphatic carbocycles. The molecule has 3 aromatic rings. The molecule has 5 nitrogen and oxygen atoms in total. The third-order valence-corrected chi connectivity index (χ3v) is 7.85. The van der Waals surface area contributed by atoms with Crippen LogP contribution in [0.4, 0.5) is 10.1 Å². The lowest BCUT2D eigenvalue weighted by Gasteiger charge is -2.15. The predicted octanol–water partition coefficient (Wildman–Crippen LogP) is 5.24. The van der Waals surface area contributed by atoms with Gasteiger partial charge >= 0.3 is 0 Å². The zero-order chi connectivity index (χ0) is 22.8. The van der Waals surface area contributed by atoms with E-state index in [9.17, 15) is 17.6 Å². The van der Waals surface area contributed by atoms with Gasteiger partial charge in [-0.05, 0) is 75.1 Å². The lowest BCUT2D eigenvalue weighted by molar-refractivity contribution is -0.120. The summed E-state index contributed by atoms with van der Waals surface area (Å²) in [5, 5.41) is 3.15. The van der Waals surface area contributed by atoms with E-state index >= 15 is 0 Å². The molecule has 0 spiro atoms. The number of hydrogen-bond acceptors (Lipinski definition) is 3. The second-order valence-electron chi connectivity index (χ2n) is 8.26. The fraction of sp³-hybridized carbons (Fsp3) is 0.375. The maximum Gasteiger partial charge on any atom is 0.258 e. The van der Waals surface area contributed by atoms with Gasteiger partial charge in [-0.3, -0.25) is 4.79 Å². The van der Waals surface area contributed by atoms with E-state index in [1.54, 1.807) is 19.9 Å². The minimum atomic E-state index is -3.04. The number of rotatable bonds is 8. The highest BCUT2D eigenvalue weighted by Gasteiger charge is 2.18. The van der Waals surface area contributed by atoms with Crippen molar-refractivity contribution in [2.75, 3.05) is 11.1 Å². The molecule has 166 valence electrons. The van der Waals surface area contributed by atoms with Gasteiger partial charge in [0.25, 0.3) is 5.91 Å². The van der Waals surface area contributed by atoms with Crippen molar-refractivity contribution in [1.29, 1.82) is 0 Å². The molecule has 2 aromatic carbocycles. The normalized spacial score (nSPS) is 14.0. The highest BCUT2D eigenvalue weighted by molar-refractivity contribution is 7.91. The molecule has 0 saturated heterocycles. The number of carbonyl (C=O) groups excluding carboxylic acids is 1. The first kappa shape index (κ1) is 23.0. The van der Waals surface area contributed by atoms with Gasteiger partial charge in [-0.2, -0.15) is 0 Å². The van der Waals surface area contributed by atoms with Crippen LogP contribution in [0.5, 0.6) is 0 Å². The Bertz CT molecular complexity index is 1170. The molecular formula is C24H29FN2O3S. The van der Waals surface area contributed by atoms with Gasteiger partial charge in [-0.15, -0.1) is 0 Å². The lowest BCUT2D eigenvalue weighted by Crippen LogP contribution is -2.20. The zero-order valence-electron chi connectivity index (χ0n) is 18.3. The van der Waals surface area contributed by atoms with Crippen LogP contribution in [-0.4, -0.2) is 36.1 Å². The Hall–Kier alpha value is -2.67. The molecule has 0 bridgehead atoms. The first-order valence-electron chi connectivity index (χ1n) is 10.5. The van der Waals surface area contributed by atoms with Crippen molar-refractivity contribution in [3.05, 3.63) is 60.3 Å². The van der Waals surface area contributed by atoms with Crippen LogP contribution in [0.25, 0.3) is 16.6 Å². The van der Waals surface area contributed by atoms with Crippen LogP contribution in [-0.2, 0) is 14.6 Å². The Balaban J connectivity index is 1.75. The molecule has 1 amide bonds. The molecule has 1 aromatic heterocycles. The second-order valence-corrected chi connectivity index (χ2v) is 10.9. The smallest absolute Gasteiger partial charge is 0.258 e. The third kappa shape index (κ3) is 5.34. The summed E-state index contributed by atoms with van der Waals surface area (Å²) in [7, 11) is -3.04. The van der Waals surface area contributed by atoms with Crippen LogP contribution in [0, 0.1) is 0 Å². The number of hydrogen-bond donors (Lipinski definition) is 1. The van der Waals surface area contributed by atoms with E-state index in [1.165, 1.54) is 6.92 Å². The Morgan fingerprint density at radius 3 is 2.32 bits per heavy atom. The number of sulfone groups is 1. The number of benzene rings is 2. The zero-order valence-corrected chi connectivity index (χ0v) is 19.1. The van der Waals surface area contributed by atoms with Gasteiger partial charge in [-0.1, -0.05) is 19.1 Å². The molecule has 0 radical (unpaired) electrons. The number of nitrogens with one attached hydrogen (secondary N) is 1. The maximum atomic E-state index is 13.1. The van der Waals surface area contributed by atoms with E-state index in [4.69, 9.17) is 0 Å². The maximum absolute atomic E-state index is 13.1. The van der Waals surface area contributed by atoms with E-state index in [1.807, 2.05) is 60.2 Å². The highest BCUT2D eigenvalue weighted by Crippen LogP contribution is 2.26. The van der Waals surface area contributed by atoms with Crippen LogP contribution in [0.3, 0.4) is 0 Å². The SMILES string of the molecule is CC(F)C(=O)Nc1ccc2c(ccn2-c2ccc([C@@H](C)CCS(=O)(=O)C(C)C)cc2)c1. The van der Waals surface area contributed by atoms with E-state index in [2.05, 4.69) is 5.32 Å². The molecule has 1 heterocycles. The fourth-order valence-corrected chi connectivity index (χ4v) is 4.55. The molecule has 1 N–H and O–H groups in total. The number of halogens is 1. The lowest BCUT2D eigenvalue weighted by atomic mass is 9.98. The largest absolute Gasteiger partial charge is 0.324 e. The summed E-state index contributed by atoms with van der Waals surface area (Å²) in [5.74, 6) is -0.326. The minimum Gasteiger partial charge on any atom is -0.324 e. The van der Waals surface area contributed by atoms with Crippen molar-refractivity contribution in [2.24, 2.45) is 0 Å². The summed E-state index contributed by atoms with van der Waals surface area (Å²) in [6, 6.07) is 15.5. The summed E-state index contributed by atoms with van der Waals surface area (Å²) >= 11 is 0. The van der Waals surface area contributed by atoms with Crippen molar-refractivity contribution in [2.45, 2.75) is 51.5 Å². The molecule has 0 saturated carbocycles. The number of anilines is 1. The summed E-state index contributed by atoms with van der Waals surface area (Å²) in [5.41, 5.74) is 3.61. The number of alkyl halides is 1.